The van der Waals surface area contributed by atoms with E-state index in [1.54, 1.807) is 12.1 Å². The van der Waals surface area contributed by atoms with Gasteiger partial charge in [-0.3, -0.25) is 0 Å². The molecule has 4 atom stereocenters. The fourth-order valence-electron chi connectivity index (χ4n) is 3.13. The van der Waals surface area contributed by atoms with Gasteiger partial charge in [0.15, 0.2) is 0 Å². The molecule has 7 heteroatoms. The number of sulfonamides is 1. The zero-order valence-electron chi connectivity index (χ0n) is 12.9. The van der Waals surface area contributed by atoms with E-state index < -0.39 is 15.6 Å². The number of fused-ring (bicyclic) bond motifs is 2. The molecular formula is C15H21NO3SSe2. The number of rotatable bonds is 3. The van der Waals surface area contributed by atoms with Gasteiger partial charge in [0.25, 0.3) is 0 Å². The molecule has 1 aliphatic heterocycles. The molecule has 22 heavy (non-hydrogen) atoms. The molecule has 0 unspecified atom stereocenters. The quantitative estimate of drug-likeness (QED) is 0.682. The first-order chi connectivity index (χ1) is 10.2. The number of nitrogens with one attached hydrogen (secondary N) is 1. The van der Waals surface area contributed by atoms with E-state index in [0.29, 0.717) is 42.4 Å². The van der Waals surface area contributed by atoms with Gasteiger partial charge in [-0.2, -0.15) is 0 Å². The van der Waals surface area contributed by atoms with Crippen molar-refractivity contribution in [1.82, 2.24) is 4.72 Å². The summed E-state index contributed by atoms with van der Waals surface area (Å²) in [7, 11) is -3.57. The predicted molar refractivity (Wildman–Crippen MR) is 88.8 cm³/mol. The SMILES string of the molecule is Cc1ccc(S(=O)(=O)N[C@]2(C)C[C@H](O)[C@@H]3C[C@@]2(C)[Se][Se]3)cc1. The molecule has 0 spiro atoms. The standard InChI is InChI=1S/C15H21NO3SSe2/c1-10-4-6-11(7-5-10)20(18,19)16-14(2)8-12(17)13-9-15(14,3)22-21-13/h4-7,12-13,16-17H,8-9H2,1-3H3/t12-,13-,14+,15+/m0/s1. The van der Waals surface area contributed by atoms with Crippen LogP contribution in [0.3, 0.4) is 0 Å². The Balaban J connectivity index is 1.92. The summed E-state index contributed by atoms with van der Waals surface area (Å²) in [6.07, 6.45) is 1.09. The second-order valence-corrected chi connectivity index (χ2v) is 16.2. The molecule has 122 valence electrons. The first-order valence-corrected chi connectivity index (χ1v) is 14.9. The van der Waals surface area contributed by atoms with Crippen LogP contribution in [0.1, 0.15) is 32.3 Å². The summed E-state index contributed by atoms with van der Waals surface area (Å²) in [5.74, 6) is 0. The fraction of sp³-hybridized carbons (Fsp3) is 0.600. The van der Waals surface area contributed by atoms with Crippen LogP contribution in [0.4, 0.5) is 0 Å². The van der Waals surface area contributed by atoms with E-state index in [2.05, 4.69) is 11.6 Å². The summed E-state index contributed by atoms with van der Waals surface area (Å²) in [5.41, 5.74) is 0.472. The molecule has 0 radical (unpaired) electrons. The van der Waals surface area contributed by atoms with E-state index in [0.717, 1.165) is 12.0 Å². The Kier molecular flexibility index (Phi) is 4.31. The minimum absolute atomic E-state index is 0.00165. The molecule has 3 rings (SSSR count). The average molecular weight is 453 g/mol. The second-order valence-electron chi connectivity index (χ2n) is 6.68. The summed E-state index contributed by atoms with van der Waals surface area (Å²) in [4.78, 5) is 0.713. The van der Waals surface area contributed by atoms with Gasteiger partial charge in [-0.15, -0.1) is 0 Å². The Morgan fingerprint density at radius 2 is 1.86 bits per heavy atom. The molecular weight excluding hydrogens is 432 g/mol. The summed E-state index contributed by atoms with van der Waals surface area (Å²) in [6.45, 7) is 6.10. The monoisotopic (exact) mass is 455 g/mol. The summed E-state index contributed by atoms with van der Waals surface area (Å²) < 4.78 is 28.5. The van der Waals surface area contributed by atoms with Gasteiger partial charge in [0.1, 0.15) is 0 Å². The molecule has 1 saturated carbocycles. The Labute approximate surface area is 143 Å². The van der Waals surface area contributed by atoms with Crippen LogP contribution in [0.25, 0.3) is 0 Å². The minimum atomic E-state index is -3.57. The first kappa shape index (κ1) is 17.0. The number of benzene rings is 1. The van der Waals surface area contributed by atoms with Crippen molar-refractivity contribution in [2.75, 3.05) is 0 Å². The third kappa shape index (κ3) is 2.82. The van der Waals surface area contributed by atoms with Crippen LogP contribution in [0.5, 0.6) is 0 Å². The zero-order chi connectivity index (χ0) is 16.2. The molecule has 0 aromatic heterocycles. The number of hydrogen-bond acceptors (Lipinski definition) is 3. The van der Waals surface area contributed by atoms with E-state index in [1.165, 1.54) is 0 Å². The third-order valence-electron chi connectivity index (χ3n) is 4.85. The maximum atomic E-state index is 12.8. The molecule has 2 N–H and O–H groups in total. The number of aryl methyl sites for hydroxylation is 1. The van der Waals surface area contributed by atoms with Crippen molar-refractivity contribution in [3.63, 3.8) is 0 Å². The van der Waals surface area contributed by atoms with Crippen molar-refractivity contribution in [3.8, 4) is 0 Å². The molecule has 1 saturated heterocycles. The van der Waals surface area contributed by atoms with Crippen LogP contribution in [0.2, 0.25) is 9.13 Å². The van der Waals surface area contributed by atoms with E-state index in [9.17, 15) is 13.5 Å². The van der Waals surface area contributed by atoms with Crippen molar-refractivity contribution in [1.29, 1.82) is 0 Å². The van der Waals surface area contributed by atoms with Crippen molar-refractivity contribution in [2.45, 2.75) is 59.3 Å². The molecule has 2 aliphatic rings. The van der Waals surface area contributed by atoms with Crippen molar-refractivity contribution in [2.24, 2.45) is 0 Å². The van der Waals surface area contributed by atoms with Gasteiger partial charge >= 0.3 is 144 Å². The molecule has 1 aliphatic carbocycles. The molecule has 2 bridgehead atoms. The van der Waals surface area contributed by atoms with Gasteiger partial charge in [-0.1, -0.05) is 0 Å². The van der Waals surface area contributed by atoms with Gasteiger partial charge in [0.2, 0.25) is 0 Å². The first-order valence-electron chi connectivity index (χ1n) is 7.28. The van der Waals surface area contributed by atoms with Crippen molar-refractivity contribution in [3.05, 3.63) is 29.8 Å². The van der Waals surface area contributed by atoms with Gasteiger partial charge < -0.3 is 0 Å². The van der Waals surface area contributed by atoms with Crippen molar-refractivity contribution < 1.29 is 13.5 Å². The topological polar surface area (TPSA) is 66.4 Å². The van der Waals surface area contributed by atoms with Crippen LogP contribution in [-0.4, -0.2) is 51.4 Å². The van der Waals surface area contributed by atoms with Crippen LogP contribution in [0, 0.1) is 6.92 Å². The predicted octanol–water partition coefficient (Wildman–Crippen LogP) is 1.49. The van der Waals surface area contributed by atoms with Crippen LogP contribution < -0.4 is 4.72 Å². The molecule has 4 nitrogen and oxygen atoms in total. The van der Waals surface area contributed by atoms with Gasteiger partial charge in [-0.05, 0) is 0 Å². The van der Waals surface area contributed by atoms with Crippen molar-refractivity contribution >= 4 is 36.3 Å². The maximum absolute atomic E-state index is 12.8. The van der Waals surface area contributed by atoms with Gasteiger partial charge in [0, 0.05) is 0 Å². The summed E-state index contributed by atoms with van der Waals surface area (Å²) in [6, 6.07) is 6.92. The molecule has 2 fully saturated rings. The number of aliphatic hydroxyl groups excluding tert-OH is 1. The molecule has 0 amide bonds. The zero-order valence-corrected chi connectivity index (χ0v) is 17.1. The third-order valence-corrected chi connectivity index (χ3v) is 18.0. The number of aliphatic hydroxyl groups is 1. The fourth-order valence-corrected chi connectivity index (χ4v) is 17.1. The molecule has 1 aromatic carbocycles. The van der Waals surface area contributed by atoms with E-state index in [1.807, 2.05) is 26.0 Å². The Morgan fingerprint density at radius 1 is 1.23 bits per heavy atom. The van der Waals surface area contributed by atoms with E-state index in [-0.39, 0.29) is 10.4 Å². The van der Waals surface area contributed by atoms with Crippen LogP contribution in [-0.2, 0) is 10.0 Å². The Hall–Kier alpha value is 0.129. The second kappa shape index (κ2) is 5.59. The van der Waals surface area contributed by atoms with Gasteiger partial charge in [-0.25, -0.2) is 0 Å². The normalized spacial score (nSPS) is 38.2. The van der Waals surface area contributed by atoms with E-state index in [4.69, 9.17) is 0 Å². The average Bonchev–Trinajstić information content (AvgIpc) is 2.79. The van der Waals surface area contributed by atoms with E-state index >= 15 is 0 Å². The number of hydrogen-bond donors (Lipinski definition) is 2. The van der Waals surface area contributed by atoms with Gasteiger partial charge in [0.05, 0.1) is 0 Å². The molecule has 1 aromatic rings. The summed E-state index contributed by atoms with van der Waals surface area (Å²) >= 11 is 0.876. The Bertz CT molecular complexity index is 679. The Morgan fingerprint density at radius 3 is 2.50 bits per heavy atom. The molecule has 1 heterocycles. The summed E-state index contributed by atoms with van der Waals surface area (Å²) in [5, 5.41) is 10.3. The van der Waals surface area contributed by atoms with Crippen LogP contribution in [0.15, 0.2) is 29.2 Å². The van der Waals surface area contributed by atoms with Crippen LogP contribution >= 0.6 is 0 Å².